The average molecular weight is 257 g/mol. The molecule has 0 saturated carbocycles. The fourth-order valence-electron chi connectivity index (χ4n) is 2.09. The summed E-state index contributed by atoms with van der Waals surface area (Å²) in [6, 6.07) is 5.85. The zero-order valence-electron chi connectivity index (χ0n) is 10.9. The number of rotatable bonds is 1. The van der Waals surface area contributed by atoms with Gasteiger partial charge in [0.05, 0.1) is 5.69 Å². The molecule has 0 spiro atoms. The van der Waals surface area contributed by atoms with Gasteiger partial charge in [0.15, 0.2) is 11.5 Å². The molecule has 5 heteroatoms. The van der Waals surface area contributed by atoms with Gasteiger partial charge in [0.1, 0.15) is 19.0 Å². The van der Waals surface area contributed by atoms with Crippen LogP contribution in [0.1, 0.15) is 11.1 Å². The van der Waals surface area contributed by atoms with Crippen molar-refractivity contribution in [1.82, 2.24) is 10.2 Å². The van der Waals surface area contributed by atoms with E-state index in [1.54, 1.807) is 0 Å². The van der Waals surface area contributed by atoms with Crippen molar-refractivity contribution < 1.29 is 9.47 Å². The van der Waals surface area contributed by atoms with Crippen molar-refractivity contribution in [2.75, 3.05) is 18.9 Å². The normalized spacial score (nSPS) is 13.4. The number of nitrogen functional groups attached to an aromatic ring is 1. The van der Waals surface area contributed by atoms with Crippen molar-refractivity contribution in [2.24, 2.45) is 0 Å². The molecular formula is C14H15N3O2. The summed E-state index contributed by atoms with van der Waals surface area (Å²) in [5.41, 5.74) is 9.46. The second kappa shape index (κ2) is 4.42. The monoisotopic (exact) mass is 257 g/mol. The standard InChI is InChI=1S/C14H15N3O2/c1-8-6-12-13(19-4-3-18-12)7-10(8)11-5-9(2)14(15)17-16-11/h5-7H,3-4H2,1-2H3,(H2,15,17). The molecule has 0 unspecified atom stereocenters. The molecule has 1 aromatic carbocycles. The van der Waals surface area contributed by atoms with Crippen LogP contribution in [-0.4, -0.2) is 23.4 Å². The molecule has 2 heterocycles. The highest BCUT2D eigenvalue weighted by atomic mass is 16.6. The number of fused-ring (bicyclic) bond motifs is 1. The third-order valence-corrected chi connectivity index (χ3v) is 3.19. The van der Waals surface area contributed by atoms with E-state index < -0.39 is 0 Å². The first-order valence-corrected chi connectivity index (χ1v) is 6.15. The van der Waals surface area contributed by atoms with E-state index in [2.05, 4.69) is 10.2 Å². The zero-order chi connectivity index (χ0) is 13.4. The summed E-state index contributed by atoms with van der Waals surface area (Å²) in [5.74, 6) is 2.00. The molecule has 0 amide bonds. The number of aromatic nitrogens is 2. The topological polar surface area (TPSA) is 70.3 Å². The minimum Gasteiger partial charge on any atom is -0.486 e. The molecule has 0 radical (unpaired) electrons. The first kappa shape index (κ1) is 11.8. The second-order valence-electron chi connectivity index (χ2n) is 4.61. The fourth-order valence-corrected chi connectivity index (χ4v) is 2.09. The Labute approximate surface area is 111 Å². The van der Waals surface area contributed by atoms with Crippen LogP contribution in [0.25, 0.3) is 11.3 Å². The maximum absolute atomic E-state index is 5.70. The van der Waals surface area contributed by atoms with Crippen LogP contribution < -0.4 is 15.2 Å². The van der Waals surface area contributed by atoms with E-state index in [-0.39, 0.29) is 0 Å². The van der Waals surface area contributed by atoms with Gasteiger partial charge in [0, 0.05) is 5.56 Å². The molecule has 98 valence electrons. The first-order chi connectivity index (χ1) is 9.15. The van der Waals surface area contributed by atoms with Crippen LogP contribution >= 0.6 is 0 Å². The summed E-state index contributed by atoms with van der Waals surface area (Å²) in [6.07, 6.45) is 0. The van der Waals surface area contributed by atoms with E-state index in [4.69, 9.17) is 15.2 Å². The second-order valence-corrected chi connectivity index (χ2v) is 4.61. The molecular weight excluding hydrogens is 242 g/mol. The molecule has 0 fully saturated rings. The van der Waals surface area contributed by atoms with Gasteiger partial charge in [0.25, 0.3) is 0 Å². The van der Waals surface area contributed by atoms with Crippen LogP contribution in [0.5, 0.6) is 11.5 Å². The molecule has 0 saturated heterocycles. The highest BCUT2D eigenvalue weighted by molar-refractivity contribution is 5.69. The van der Waals surface area contributed by atoms with Gasteiger partial charge in [-0.15, -0.1) is 10.2 Å². The largest absolute Gasteiger partial charge is 0.486 e. The Kier molecular flexibility index (Phi) is 2.74. The summed E-state index contributed by atoms with van der Waals surface area (Å²) in [7, 11) is 0. The van der Waals surface area contributed by atoms with E-state index >= 15 is 0 Å². The van der Waals surface area contributed by atoms with Crippen molar-refractivity contribution in [3.8, 4) is 22.8 Å². The molecule has 19 heavy (non-hydrogen) atoms. The minimum absolute atomic E-state index is 0.457. The number of benzene rings is 1. The third kappa shape index (κ3) is 2.07. The third-order valence-electron chi connectivity index (χ3n) is 3.19. The molecule has 1 aliphatic heterocycles. The lowest BCUT2D eigenvalue weighted by Crippen LogP contribution is -2.15. The van der Waals surface area contributed by atoms with E-state index in [0.717, 1.165) is 33.9 Å². The molecule has 0 bridgehead atoms. The Morgan fingerprint density at radius 3 is 2.32 bits per heavy atom. The molecule has 0 atom stereocenters. The summed E-state index contributed by atoms with van der Waals surface area (Å²) in [6.45, 7) is 5.09. The molecule has 2 N–H and O–H groups in total. The maximum Gasteiger partial charge on any atom is 0.162 e. The van der Waals surface area contributed by atoms with E-state index in [1.165, 1.54) is 0 Å². The predicted octanol–water partition coefficient (Wildman–Crippen LogP) is 2.11. The van der Waals surface area contributed by atoms with Crippen LogP contribution in [0.15, 0.2) is 18.2 Å². The SMILES string of the molecule is Cc1cc2c(cc1-c1cc(C)c(N)nn1)OCCO2. The number of ether oxygens (including phenoxy) is 2. The molecule has 1 aliphatic rings. The highest BCUT2D eigenvalue weighted by Gasteiger charge is 2.16. The molecule has 1 aromatic heterocycles. The Morgan fingerprint density at radius 2 is 1.63 bits per heavy atom. The number of hydrogen-bond donors (Lipinski definition) is 1. The van der Waals surface area contributed by atoms with Gasteiger partial charge in [0.2, 0.25) is 0 Å². The Morgan fingerprint density at radius 1 is 0.947 bits per heavy atom. The van der Waals surface area contributed by atoms with Gasteiger partial charge in [-0.05, 0) is 43.2 Å². The van der Waals surface area contributed by atoms with E-state index in [9.17, 15) is 0 Å². The van der Waals surface area contributed by atoms with Crippen LogP contribution in [0, 0.1) is 13.8 Å². The number of anilines is 1. The van der Waals surface area contributed by atoms with Gasteiger partial charge in [-0.1, -0.05) is 0 Å². The maximum atomic E-state index is 5.70. The highest BCUT2D eigenvalue weighted by Crippen LogP contribution is 2.36. The first-order valence-electron chi connectivity index (χ1n) is 6.15. The van der Waals surface area contributed by atoms with Gasteiger partial charge in [-0.3, -0.25) is 0 Å². The van der Waals surface area contributed by atoms with Crippen LogP contribution in [0.2, 0.25) is 0 Å². The molecule has 0 aliphatic carbocycles. The number of nitrogens with zero attached hydrogens (tertiary/aromatic N) is 2. The summed E-state index contributed by atoms with van der Waals surface area (Å²) >= 11 is 0. The van der Waals surface area contributed by atoms with Gasteiger partial charge in [-0.25, -0.2) is 0 Å². The van der Waals surface area contributed by atoms with E-state index in [1.807, 2.05) is 32.0 Å². The summed E-state index contributed by atoms with van der Waals surface area (Å²) < 4.78 is 11.2. The van der Waals surface area contributed by atoms with Gasteiger partial charge < -0.3 is 15.2 Å². The zero-order valence-corrected chi connectivity index (χ0v) is 10.9. The van der Waals surface area contributed by atoms with E-state index in [0.29, 0.717) is 19.0 Å². The van der Waals surface area contributed by atoms with Gasteiger partial charge in [-0.2, -0.15) is 0 Å². The number of nitrogens with two attached hydrogens (primary N) is 1. The number of aryl methyl sites for hydroxylation is 2. The molecule has 5 nitrogen and oxygen atoms in total. The Bertz CT molecular complexity index is 641. The summed E-state index contributed by atoms with van der Waals surface area (Å²) in [5, 5.41) is 8.11. The van der Waals surface area contributed by atoms with Crippen LogP contribution in [0.3, 0.4) is 0 Å². The minimum atomic E-state index is 0.457. The number of hydrogen-bond acceptors (Lipinski definition) is 5. The Balaban J connectivity index is 2.11. The van der Waals surface area contributed by atoms with Gasteiger partial charge >= 0.3 is 0 Å². The van der Waals surface area contributed by atoms with Crippen molar-refractivity contribution >= 4 is 5.82 Å². The quantitative estimate of drug-likeness (QED) is 0.847. The van der Waals surface area contributed by atoms with Crippen LogP contribution in [0.4, 0.5) is 5.82 Å². The lowest BCUT2D eigenvalue weighted by atomic mass is 10.0. The average Bonchev–Trinajstić information content (AvgIpc) is 2.41. The molecule has 2 aromatic rings. The lowest BCUT2D eigenvalue weighted by molar-refractivity contribution is 0.171. The Hall–Kier alpha value is -2.30. The summed E-state index contributed by atoms with van der Waals surface area (Å²) in [4.78, 5) is 0. The van der Waals surface area contributed by atoms with Crippen LogP contribution in [-0.2, 0) is 0 Å². The predicted molar refractivity (Wildman–Crippen MR) is 72.3 cm³/mol. The van der Waals surface area contributed by atoms with Crippen molar-refractivity contribution in [1.29, 1.82) is 0 Å². The fraction of sp³-hybridized carbons (Fsp3) is 0.286. The smallest absolute Gasteiger partial charge is 0.162 e. The lowest BCUT2D eigenvalue weighted by Gasteiger charge is -2.20. The van der Waals surface area contributed by atoms with Crippen molar-refractivity contribution in [3.63, 3.8) is 0 Å². The van der Waals surface area contributed by atoms with Crippen molar-refractivity contribution in [2.45, 2.75) is 13.8 Å². The van der Waals surface area contributed by atoms with Crippen molar-refractivity contribution in [3.05, 3.63) is 29.3 Å². The molecule has 3 rings (SSSR count).